The van der Waals surface area contributed by atoms with Crippen LogP contribution in [0.4, 0.5) is 13.2 Å². The van der Waals surface area contributed by atoms with Gasteiger partial charge >= 0.3 is 0 Å². The number of methoxy groups -OCH3 is 1. The van der Waals surface area contributed by atoms with E-state index in [9.17, 15) is 13.2 Å². The molecule has 0 heterocycles. The predicted octanol–water partition coefficient (Wildman–Crippen LogP) is 5.25. The van der Waals surface area contributed by atoms with Gasteiger partial charge in [0.1, 0.15) is 0 Å². The van der Waals surface area contributed by atoms with Gasteiger partial charge in [-0.15, -0.1) is 0 Å². The zero-order chi connectivity index (χ0) is 17.3. The second-order valence-electron chi connectivity index (χ2n) is 6.02. The molecule has 0 spiro atoms. The first-order valence-corrected chi connectivity index (χ1v) is 8.06. The molecule has 0 aromatic heterocycles. The fraction of sp³-hybridized carbons (Fsp3) is 0.300. The molecule has 1 aliphatic rings. The number of rotatable bonds is 4. The lowest BCUT2D eigenvalue weighted by atomic mass is 9.87. The molecule has 2 aromatic carbocycles. The minimum atomic E-state index is -0.815. The second-order valence-corrected chi connectivity index (χ2v) is 6.02. The highest BCUT2D eigenvalue weighted by Gasteiger charge is 2.20. The van der Waals surface area contributed by atoms with E-state index in [0.717, 1.165) is 17.5 Å². The van der Waals surface area contributed by atoms with Gasteiger partial charge in [0.25, 0.3) is 0 Å². The first-order valence-electron chi connectivity index (χ1n) is 8.06. The third kappa shape index (κ3) is 2.93. The number of ether oxygens (including phenoxy) is 1. The van der Waals surface area contributed by atoms with Crippen molar-refractivity contribution in [3.8, 4) is 5.75 Å². The summed E-state index contributed by atoms with van der Waals surface area (Å²) in [7, 11) is 1.42. The van der Waals surface area contributed by atoms with Crippen LogP contribution in [0.2, 0.25) is 0 Å². The number of fused-ring (bicyclic) bond motifs is 1. The van der Waals surface area contributed by atoms with Crippen LogP contribution in [0.25, 0.3) is 5.57 Å². The summed E-state index contributed by atoms with van der Waals surface area (Å²) < 4.78 is 47.5. The van der Waals surface area contributed by atoms with E-state index < -0.39 is 17.5 Å². The van der Waals surface area contributed by atoms with E-state index in [0.29, 0.717) is 30.4 Å². The van der Waals surface area contributed by atoms with E-state index >= 15 is 0 Å². The molecular formula is C20H19F3O. The molecule has 0 saturated heterocycles. The van der Waals surface area contributed by atoms with Crippen LogP contribution < -0.4 is 4.74 Å². The molecule has 1 nitrogen and oxygen atoms in total. The maximum absolute atomic E-state index is 14.4. The van der Waals surface area contributed by atoms with Gasteiger partial charge < -0.3 is 4.74 Å². The Morgan fingerprint density at radius 1 is 1.04 bits per heavy atom. The molecule has 4 heteroatoms. The van der Waals surface area contributed by atoms with Gasteiger partial charge in [0.15, 0.2) is 23.2 Å². The maximum Gasteiger partial charge on any atom is 0.166 e. The van der Waals surface area contributed by atoms with Gasteiger partial charge in [-0.25, -0.2) is 13.2 Å². The van der Waals surface area contributed by atoms with Crippen molar-refractivity contribution in [3.63, 3.8) is 0 Å². The van der Waals surface area contributed by atoms with Crippen molar-refractivity contribution < 1.29 is 17.9 Å². The molecule has 0 N–H and O–H groups in total. The van der Waals surface area contributed by atoms with E-state index in [1.54, 1.807) is 18.2 Å². The Labute approximate surface area is 139 Å². The van der Waals surface area contributed by atoms with E-state index in [-0.39, 0.29) is 11.3 Å². The molecule has 1 aliphatic carbocycles. The van der Waals surface area contributed by atoms with Gasteiger partial charge in [-0.05, 0) is 53.7 Å². The average molecular weight is 332 g/mol. The summed E-state index contributed by atoms with van der Waals surface area (Å²) in [6, 6.07) is 6.35. The van der Waals surface area contributed by atoms with E-state index in [1.807, 2.05) is 13.0 Å². The van der Waals surface area contributed by atoms with Crippen molar-refractivity contribution in [1.29, 1.82) is 0 Å². The third-order valence-electron chi connectivity index (χ3n) is 4.45. The first-order chi connectivity index (χ1) is 11.5. The Hall–Kier alpha value is -2.23. The molecule has 0 bridgehead atoms. The Kier molecular flexibility index (Phi) is 4.65. The fourth-order valence-corrected chi connectivity index (χ4v) is 3.16. The molecule has 0 unspecified atom stereocenters. The highest BCUT2D eigenvalue weighted by Crippen LogP contribution is 2.33. The number of halogens is 3. The van der Waals surface area contributed by atoms with Crippen LogP contribution in [0.1, 0.15) is 35.6 Å². The van der Waals surface area contributed by atoms with Gasteiger partial charge in [-0.1, -0.05) is 31.6 Å². The number of aryl methyl sites for hydroxylation is 1. The summed E-state index contributed by atoms with van der Waals surface area (Å²) in [4.78, 5) is 0. The third-order valence-corrected chi connectivity index (χ3v) is 4.45. The molecule has 0 saturated carbocycles. The number of benzene rings is 2. The number of hydrogen-bond acceptors (Lipinski definition) is 1. The van der Waals surface area contributed by atoms with E-state index in [2.05, 4.69) is 0 Å². The molecule has 0 aliphatic heterocycles. The highest BCUT2D eigenvalue weighted by atomic mass is 19.2. The van der Waals surface area contributed by atoms with Crippen LogP contribution in [-0.2, 0) is 19.3 Å². The minimum Gasteiger partial charge on any atom is -0.494 e. The van der Waals surface area contributed by atoms with Crippen LogP contribution >= 0.6 is 0 Å². The van der Waals surface area contributed by atoms with Crippen LogP contribution in [0.3, 0.4) is 0 Å². The lowest BCUT2D eigenvalue weighted by Crippen LogP contribution is -2.07. The maximum atomic E-state index is 14.4. The van der Waals surface area contributed by atoms with Crippen molar-refractivity contribution in [1.82, 2.24) is 0 Å². The second kappa shape index (κ2) is 6.71. The topological polar surface area (TPSA) is 9.23 Å². The Bertz CT molecular complexity index is 809. The van der Waals surface area contributed by atoms with Gasteiger partial charge in [0, 0.05) is 5.56 Å². The van der Waals surface area contributed by atoms with Crippen LogP contribution in [0.5, 0.6) is 5.75 Å². The number of allylic oxidation sites excluding steroid dienone is 2. The minimum absolute atomic E-state index is 0.201. The summed E-state index contributed by atoms with van der Waals surface area (Å²) in [6.45, 7) is 1.93. The van der Waals surface area contributed by atoms with Gasteiger partial charge in [0.05, 0.1) is 7.11 Å². The largest absolute Gasteiger partial charge is 0.494 e. The molecule has 3 rings (SSSR count). The smallest absolute Gasteiger partial charge is 0.166 e. The zero-order valence-corrected chi connectivity index (χ0v) is 13.8. The standard InChI is InChI=1S/C20H19F3O/c1-3-4-12-7-8-16(20(23)19(12)22)14-6-5-13-11-18(24-2)17(21)10-15(13)9-14/h6-8,10-11H,3-5,9H2,1-2H3. The molecule has 126 valence electrons. The monoisotopic (exact) mass is 332 g/mol. The van der Waals surface area contributed by atoms with E-state index in [1.165, 1.54) is 13.2 Å². The summed E-state index contributed by atoms with van der Waals surface area (Å²) in [5.41, 5.74) is 3.07. The van der Waals surface area contributed by atoms with E-state index in [4.69, 9.17) is 4.74 Å². The Morgan fingerprint density at radius 3 is 2.54 bits per heavy atom. The Morgan fingerprint density at radius 2 is 1.83 bits per heavy atom. The zero-order valence-electron chi connectivity index (χ0n) is 13.8. The SMILES string of the molecule is CCCc1ccc(C2=CCc3cc(OC)c(F)cc3C2)c(F)c1F. The van der Waals surface area contributed by atoms with Gasteiger partial charge in [-0.2, -0.15) is 0 Å². The van der Waals surface area contributed by atoms with Crippen molar-refractivity contribution in [2.24, 2.45) is 0 Å². The van der Waals surface area contributed by atoms with Gasteiger partial charge in [-0.3, -0.25) is 0 Å². The first kappa shape index (κ1) is 16.6. The molecule has 0 radical (unpaired) electrons. The fourth-order valence-electron chi connectivity index (χ4n) is 3.16. The molecule has 2 aromatic rings. The highest BCUT2D eigenvalue weighted by molar-refractivity contribution is 5.71. The predicted molar refractivity (Wildman–Crippen MR) is 88.7 cm³/mol. The van der Waals surface area contributed by atoms with Crippen LogP contribution in [-0.4, -0.2) is 7.11 Å². The van der Waals surface area contributed by atoms with Crippen LogP contribution in [0, 0.1) is 17.5 Å². The molecular weight excluding hydrogens is 313 g/mol. The quantitative estimate of drug-likeness (QED) is 0.743. The molecule has 0 atom stereocenters. The van der Waals surface area contributed by atoms with Crippen molar-refractivity contribution in [2.75, 3.05) is 7.11 Å². The lowest BCUT2D eigenvalue weighted by Gasteiger charge is -2.19. The van der Waals surface area contributed by atoms with Gasteiger partial charge in [0.2, 0.25) is 0 Å². The average Bonchev–Trinajstić information content (AvgIpc) is 2.58. The summed E-state index contributed by atoms with van der Waals surface area (Å²) in [5.74, 6) is -1.83. The van der Waals surface area contributed by atoms with Crippen molar-refractivity contribution in [3.05, 3.63) is 70.0 Å². The lowest BCUT2D eigenvalue weighted by molar-refractivity contribution is 0.385. The van der Waals surface area contributed by atoms with Crippen molar-refractivity contribution >= 4 is 5.57 Å². The molecule has 0 amide bonds. The Balaban J connectivity index is 1.95. The summed E-state index contributed by atoms with van der Waals surface area (Å²) >= 11 is 0. The molecule has 24 heavy (non-hydrogen) atoms. The summed E-state index contributed by atoms with van der Waals surface area (Å²) in [5, 5.41) is 0. The molecule has 0 fully saturated rings. The number of hydrogen-bond donors (Lipinski definition) is 0. The van der Waals surface area contributed by atoms with Crippen LogP contribution in [0.15, 0.2) is 30.3 Å². The normalized spacial score (nSPS) is 13.5. The summed E-state index contributed by atoms with van der Waals surface area (Å²) in [6.07, 6.45) is 4.05. The van der Waals surface area contributed by atoms with Crippen molar-refractivity contribution in [2.45, 2.75) is 32.6 Å².